The van der Waals surface area contributed by atoms with E-state index in [1.165, 1.54) is 12.1 Å². The molecule has 1 aromatic rings. The Bertz CT molecular complexity index is 422. The van der Waals surface area contributed by atoms with E-state index in [1.54, 1.807) is 11.0 Å². The maximum atomic E-state index is 13.2. The van der Waals surface area contributed by atoms with Crippen LogP contribution in [0.5, 0.6) is 0 Å². The summed E-state index contributed by atoms with van der Waals surface area (Å²) in [4.78, 5) is 13.6. The summed E-state index contributed by atoms with van der Waals surface area (Å²) in [6.45, 7) is 0.681. The zero-order valence-electron chi connectivity index (χ0n) is 9.59. The van der Waals surface area contributed by atoms with Gasteiger partial charge in [0.1, 0.15) is 5.82 Å². The van der Waals surface area contributed by atoms with Crippen molar-refractivity contribution in [1.82, 2.24) is 0 Å². The average Bonchev–Trinajstić information content (AvgIpc) is 2.32. The number of carbonyl (C=O) groups is 1. The van der Waals surface area contributed by atoms with E-state index >= 15 is 0 Å². The predicted molar refractivity (Wildman–Crippen MR) is 70.1 cm³/mol. The van der Waals surface area contributed by atoms with E-state index in [2.05, 4.69) is 15.9 Å². The van der Waals surface area contributed by atoms with Gasteiger partial charge in [0.05, 0.1) is 0 Å². The topological polar surface area (TPSA) is 20.3 Å². The third-order valence-corrected chi connectivity index (χ3v) is 3.57. The molecular weight excluding hydrogens is 285 g/mol. The second kappa shape index (κ2) is 5.63. The number of fused-ring (bicyclic) bond motifs is 1. The molecule has 0 spiro atoms. The number of nitrogens with zero attached hydrogens (tertiary/aromatic N) is 1. The van der Waals surface area contributed by atoms with Gasteiger partial charge in [0.2, 0.25) is 5.91 Å². The standard InChI is InChI=1S/C13H15BrFNO/c14-7-1-2-8-16-12-9-11(15)5-3-10(12)4-6-13(16)17/h3,5,9H,1-2,4,6-8H2. The van der Waals surface area contributed by atoms with Gasteiger partial charge >= 0.3 is 0 Å². The van der Waals surface area contributed by atoms with Gasteiger partial charge in [-0.1, -0.05) is 22.0 Å². The van der Waals surface area contributed by atoms with Crippen LogP contribution in [0, 0.1) is 5.82 Å². The molecule has 0 bridgehead atoms. The zero-order valence-corrected chi connectivity index (χ0v) is 11.2. The number of anilines is 1. The van der Waals surface area contributed by atoms with Gasteiger partial charge in [-0.2, -0.15) is 0 Å². The fourth-order valence-electron chi connectivity index (χ4n) is 2.12. The largest absolute Gasteiger partial charge is 0.312 e. The number of amides is 1. The molecule has 4 heteroatoms. The number of alkyl halides is 1. The SMILES string of the molecule is O=C1CCc2ccc(F)cc2N1CCCCBr. The van der Waals surface area contributed by atoms with E-state index < -0.39 is 0 Å². The molecule has 2 nitrogen and oxygen atoms in total. The summed E-state index contributed by atoms with van der Waals surface area (Å²) in [6.07, 6.45) is 3.22. The lowest BCUT2D eigenvalue weighted by Gasteiger charge is -2.29. The first-order valence-corrected chi connectivity index (χ1v) is 6.99. The van der Waals surface area contributed by atoms with Crippen molar-refractivity contribution < 1.29 is 9.18 Å². The number of carbonyl (C=O) groups excluding carboxylic acids is 1. The molecule has 1 heterocycles. The van der Waals surface area contributed by atoms with Crippen molar-refractivity contribution >= 4 is 27.5 Å². The Morgan fingerprint density at radius 3 is 2.88 bits per heavy atom. The Balaban J connectivity index is 2.20. The van der Waals surface area contributed by atoms with Crippen molar-refractivity contribution in [3.63, 3.8) is 0 Å². The minimum Gasteiger partial charge on any atom is -0.312 e. The number of halogens is 2. The number of rotatable bonds is 4. The van der Waals surface area contributed by atoms with E-state index in [4.69, 9.17) is 0 Å². The molecule has 0 unspecified atom stereocenters. The molecule has 1 aliphatic heterocycles. The van der Waals surface area contributed by atoms with E-state index in [1.807, 2.05) is 0 Å². The van der Waals surface area contributed by atoms with E-state index in [-0.39, 0.29) is 11.7 Å². The summed E-state index contributed by atoms with van der Waals surface area (Å²) in [5.74, 6) is -0.165. The van der Waals surface area contributed by atoms with Crippen LogP contribution in [0.4, 0.5) is 10.1 Å². The van der Waals surface area contributed by atoms with E-state index in [9.17, 15) is 9.18 Å². The van der Waals surface area contributed by atoms with Crippen molar-refractivity contribution in [3.05, 3.63) is 29.6 Å². The van der Waals surface area contributed by atoms with Gasteiger partial charge in [-0.15, -0.1) is 0 Å². The summed E-state index contributed by atoms with van der Waals surface area (Å²) in [7, 11) is 0. The van der Waals surface area contributed by atoms with Crippen LogP contribution in [0.2, 0.25) is 0 Å². The van der Waals surface area contributed by atoms with Gasteiger partial charge in [0, 0.05) is 24.0 Å². The average molecular weight is 300 g/mol. The molecule has 0 atom stereocenters. The first-order chi connectivity index (χ1) is 8.22. The Morgan fingerprint density at radius 2 is 2.12 bits per heavy atom. The third-order valence-electron chi connectivity index (χ3n) is 3.01. The van der Waals surface area contributed by atoms with Gasteiger partial charge in [0.15, 0.2) is 0 Å². The van der Waals surface area contributed by atoms with Crippen LogP contribution >= 0.6 is 15.9 Å². The predicted octanol–water partition coefficient (Wildman–Crippen LogP) is 3.28. The highest BCUT2D eigenvalue weighted by molar-refractivity contribution is 9.09. The van der Waals surface area contributed by atoms with Crippen molar-refractivity contribution in [2.45, 2.75) is 25.7 Å². The van der Waals surface area contributed by atoms with Gasteiger partial charge in [-0.3, -0.25) is 4.79 Å². The highest BCUT2D eigenvalue weighted by atomic mass is 79.9. The molecule has 0 aliphatic carbocycles. The maximum Gasteiger partial charge on any atom is 0.227 e. The first kappa shape index (κ1) is 12.6. The lowest BCUT2D eigenvalue weighted by atomic mass is 10.0. The van der Waals surface area contributed by atoms with Crippen molar-refractivity contribution in [2.24, 2.45) is 0 Å². The second-order valence-electron chi connectivity index (χ2n) is 4.21. The summed E-state index contributed by atoms with van der Waals surface area (Å²) in [6, 6.07) is 4.72. The molecule has 92 valence electrons. The van der Waals surface area contributed by atoms with Crippen molar-refractivity contribution in [2.75, 3.05) is 16.8 Å². The lowest BCUT2D eigenvalue weighted by Crippen LogP contribution is -2.36. The molecule has 0 saturated heterocycles. The van der Waals surface area contributed by atoms with E-state index in [0.717, 1.165) is 35.8 Å². The highest BCUT2D eigenvalue weighted by Gasteiger charge is 2.23. The fraction of sp³-hybridized carbons (Fsp3) is 0.462. The number of aryl methyl sites for hydroxylation is 1. The molecule has 0 fully saturated rings. The molecule has 1 amide bonds. The monoisotopic (exact) mass is 299 g/mol. The van der Waals surface area contributed by atoms with Crippen LogP contribution in [0.3, 0.4) is 0 Å². The van der Waals surface area contributed by atoms with Crippen LogP contribution in [0.25, 0.3) is 0 Å². The molecule has 0 aromatic heterocycles. The van der Waals surface area contributed by atoms with Crippen LogP contribution in [0.1, 0.15) is 24.8 Å². The van der Waals surface area contributed by atoms with Gasteiger partial charge in [-0.25, -0.2) is 4.39 Å². The molecule has 2 rings (SSSR count). The normalized spacial score (nSPS) is 14.9. The van der Waals surface area contributed by atoms with Crippen molar-refractivity contribution in [3.8, 4) is 0 Å². The van der Waals surface area contributed by atoms with Gasteiger partial charge in [-0.05, 0) is 37.0 Å². The zero-order chi connectivity index (χ0) is 12.3. The Hall–Kier alpha value is -0.900. The van der Waals surface area contributed by atoms with Crippen molar-refractivity contribution in [1.29, 1.82) is 0 Å². The molecular formula is C13H15BrFNO. The number of hydrogen-bond acceptors (Lipinski definition) is 1. The third kappa shape index (κ3) is 2.86. The number of benzene rings is 1. The quantitative estimate of drug-likeness (QED) is 0.617. The lowest BCUT2D eigenvalue weighted by molar-refractivity contribution is -0.118. The maximum absolute atomic E-state index is 13.2. The smallest absolute Gasteiger partial charge is 0.227 e. The molecule has 1 aromatic carbocycles. The summed E-state index contributed by atoms with van der Waals surface area (Å²) < 4.78 is 13.2. The van der Waals surface area contributed by atoms with Crippen LogP contribution in [-0.2, 0) is 11.2 Å². The summed E-state index contributed by atoms with van der Waals surface area (Å²) in [5.41, 5.74) is 1.83. The summed E-state index contributed by atoms with van der Waals surface area (Å²) >= 11 is 3.37. The number of hydrogen-bond donors (Lipinski definition) is 0. The van der Waals surface area contributed by atoms with Crippen LogP contribution in [-0.4, -0.2) is 17.8 Å². The van der Waals surface area contributed by atoms with E-state index in [0.29, 0.717) is 13.0 Å². The van der Waals surface area contributed by atoms with Gasteiger partial charge in [0.25, 0.3) is 0 Å². The fourth-order valence-corrected chi connectivity index (χ4v) is 2.52. The Morgan fingerprint density at radius 1 is 1.29 bits per heavy atom. The Kier molecular flexibility index (Phi) is 4.15. The molecule has 17 heavy (non-hydrogen) atoms. The van der Waals surface area contributed by atoms with Crippen LogP contribution in [0.15, 0.2) is 18.2 Å². The minimum absolute atomic E-state index is 0.109. The number of unbranched alkanes of at least 4 members (excludes halogenated alkanes) is 1. The Labute approximate surface area is 109 Å². The highest BCUT2D eigenvalue weighted by Crippen LogP contribution is 2.28. The summed E-state index contributed by atoms with van der Waals surface area (Å²) in [5, 5.41) is 0.936. The first-order valence-electron chi connectivity index (χ1n) is 5.87. The second-order valence-corrected chi connectivity index (χ2v) is 5.01. The molecule has 1 aliphatic rings. The minimum atomic E-state index is -0.274. The molecule has 0 N–H and O–H groups in total. The molecule has 0 radical (unpaired) electrons. The van der Waals surface area contributed by atoms with Crippen LogP contribution < -0.4 is 4.90 Å². The van der Waals surface area contributed by atoms with Gasteiger partial charge < -0.3 is 4.90 Å². The molecule has 0 saturated carbocycles.